The van der Waals surface area contributed by atoms with E-state index in [-0.39, 0.29) is 11.3 Å². The molecule has 1 aromatic carbocycles. The molecule has 5 heteroatoms. The molecule has 0 aliphatic heterocycles. The number of pyridine rings is 2. The fourth-order valence-electron chi connectivity index (χ4n) is 3.56. The maximum Gasteiger partial charge on any atom is 0.277 e. The maximum atomic E-state index is 13.1. The minimum Gasteiger partial charge on any atom is -0.309 e. The van der Waals surface area contributed by atoms with Crippen molar-refractivity contribution in [1.29, 1.82) is 0 Å². The van der Waals surface area contributed by atoms with Crippen LogP contribution in [0.1, 0.15) is 22.3 Å². The second-order valence-corrected chi connectivity index (χ2v) is 6.61. The Balaban J connectivity index is 2.01. The normalized spacial score (nSPS) is 12.7. The summed E-state index contributed by atoms with van der Waals surface area (Å²) in [7, 11) is 4.02. The number of benzene rings is 1. The van der Waals surface area contributed by atoms with E-state index in [0.717, 1.165) is 24.2 Å². The van der Waals surface area contributed by atoms with E-state index in [1.54, 1.807) is 16.8 Å². The third-order valence-corrected chi connectivity index (χ3v) is 4.67. The Bertz CT molecular complexity index is 1050. The Morgan fingerprint density at radius 1 is 1.04 bits per heavy atom. The molecule has 3 aromatic rings. The number of ketones is 1. The summed E-state index contributed by atoms with van der Waals surface area (Å²) >= 11 is 0. The molecule has 0 N–H and O–H groups in total. The Kier molecular flexibility index (Phi) is 3.73. The lowest BCUT2D eigenvalue weighted by Crippen LogP contribution is -2.26. The predicted octanol–water partition coefficient (Wildman–Crippen LogP) is 2.56. The first kappa shape index (κ1) is 15.7. The predicted molar refractivity (Wildman–Crippen MR) is 98.0 cm³/mol. The molecule has 4 rings (SSSR count). The van der Waals surface area contributed by atoms with Crippen molar-refractivity contribution in [3.63, 3.8) is 0 Å². The Labute approximate surface area is 145 Å². The molecule has 126 valence electrons. The van der Waals surface area contributed by atoms with Gasteiger partial charge in [-0.1, -0.05) is 30.3 Å². The van der Waals surface area contributed by atoms with Crippen LogP contribution in [0.15, 0.2) is 47.4 Å². The third-order valence-electron chi connectivity index (χ3n) is 4.67. The molecule has 0 amide bonds. The van der Waals surface area contributed by atoms with E-state index >= 15 is 0 Å². The van der Waals surface area contributed by atoms with Gasteiger partial charge in [-0.05, 0) is 33.1 Å². The van der Waals surface area contributed by atoms with E-state index in [0.29, 0.717) is 28.6 Å². The van der Waals surface area contributed by atoms with Crippen LogP contribution >= 0.6 is 0 Å². The second kappa shape index (κ2) is 5.93. The van der Waals surface area contributed by atoms with Crippen LogP contribution in [0, 0.1) is 0 Å². The number of carbonyl (C=O) groups excluding carboxylic acids is 1. The summed E-state index contributed by atoms with van der Waals surface area (Å²) in [4.78, 5) is 32.4. The molecule has 0 saturated carbocycles. The minimum absolute atomic E-state index is 0.0232. The Morgan fingerprint density at radius 3 is 2.56 bits per heavy atom. The molecule has 0 spiro atoms. The standard InChI is InChI=1S/C20H19N3O2/c1-22(2)11-6-12-23-18-13-7-3-4-8-14(13)19(24)16(18)15-9-5-10-21-17(15)20(23)25/h3-5,7-10H,6,11-12H2,1-2H3. The first-order valence-electron chi connectivity index (χ1n) is 8.40. The fraction of sp³-hybridized carbons (Fsp3) is 0.250. The van der Waals surface area contributed by atoms with Gasteiger partial charge in [-0.2, -0.15) is 0 Å². The molecule has 2 aromatic heterocycles. The lowest BCUT2D eigenvalue weighted by Gasteiger charge is -2.16. The van der Waals surface area contributed by atoms with Crippen molar-refractivity contribution in [1.82, 2.24) is 14.5 Å². The molecule has 0 unspecified atom stereocenters. The van der Waals surface area contributed by atoms with Gasteiger partial charge in [0.25, 0.3) is 5.56 Å². The summed E-state index contributed by atoms with van der Waals surface area (Å²) in [5, 5.41) is 0.646. The molecule has 0 bridgehead atoms. The van der Waals surface area contributed by atoms with Crippen LogP contribution in [-0.2, 0) is 6.54 Å². The lowest BCUT2D eigenvalue weighted by atomic mass is 10.1. The first-order valence-corrected chi connectivity index (χ1v) is 8.40. The molecular formula is C20H19N3O2. The van der Waals surface area contributed by atoms with Gasteiger partial charge in [0, 0.05) is 29.3 Å². The number of rotatable bonds is 4. The van der Waals surface area contributed by atoms with Gasteiger partial charge in [-0.3, -0.25) is 14.6 Å². The Morgan fingerprint density at radius 2 is 1.80 bits per heavy atom. The zero-order chi connectivity index (χ0) is 17.6. The molecule has 1 aliphatic carbocycles. The topological polar surface area (TPSA) is 55.2 Å². The highest BCUT2D eigenvalue weighted by Gasteiger charge is 2.32. The van der Waals surface area contributed by atoms with E-state index in [9.17, 15) is 9.59 Å². The summed E-state index contributed by atoms with van der Waals surface area (Å²) in [6, 6.07) is 11.1. The van der Waals surface area contributed by atoms with E-state index in [2.05, 4.69) is 9.88 Å². The van der Waals surface area contributed by atoms with Gasteiger partial charge in [0.05, 0.1) is 11.3 Å². The highest BCUT2D eigenvalue weighted by molar-refractivity contribution is 6.26. The molecule has 0 fully saturated rings. The van der Waals surface area contributed by atoms with Gasteiger partial charge in [-0.15, -0.1) is 0 Å². The van der Waals surface area contributed by atoms with Crippen LogP contribution in [0.2, 0.25) is 0 Å². The largest absolute Gasteiger partial charge is 0.309 e. The van der Waals surface area contributed by atoms with Gasteiger partial charge in [0.1, 0.15) is 5.52 Å². The highest BCUT2D eigenvalue weighted by atomic mass is 16.1. The zero-order valence-electron chi connectivity index (χ0n) is 14.3. The summed E-state index contributed by atoms with van der Waals surface area (Å²) in [5.74, 6) is -0.0232. The minimum atomic E-state index is -0.127. The quantitative estimate of drug-likeness (QED) is 0.576. The second-order valence-electron chi connectivity index (χ2n) is 6.61. The van der Waals surface area contributed by atoms with Crippen LogP contribution in [0.4, 0.5) is 0 Å². The maximum absolute atomic E-state index is 13.1. The molecular weight excluding hydrogens is 314 g/mol. The van der Waals surface area contributed by atoms with Crippen LogP contribution in [0.3, 0.4) is 0 Å². The molecule has 0 atom stereocenters. The fourth-order valence-corrected chi connectivity index (χ4v) is 3.56. The number of hydrogen-bond acceptors (Lipinski definition) is 4. The number of aromatic nitrogens is 2. The van der Waals surface area contributed by atoms with Gasteiger partial charge in [0.15, 0.2) is 5.78 Å². The molecule has 5 nitrogen and oxygen atoms in total. The Hall–Kier alpha value is -2.79. The summed E-state index contributed by atoms with van der Waals surface area (Å²) in [6.07, 6.45) is 2.43. The molecule has 0 saturated heterocycles. The van der Waals surface area contributed by atoms with Crippen molar-refractivity contribution >= 4 is 16.7 Å². The molecule has 2 heterocycles. The number of nitrogens with zero attached hydrogens (tertiary/aromatic N) is 3. The molecule has 0 radical (unpaired) electrons. The smallest absolute Gasteiger partial charge is 0.277 e. The van der Waals surface area contributed by atoms with Gasteiger partial charge in [0.2, 0.25) is 0 Å². The number of carbonyl (C=O) groups is 1. The van der Waals surface area contributed by atoms with Gasteiger partial charge in [-0.25, -0.2) is 0 Å². The number of fused-ring (bicyclic) bond motifs is 5. The zero-order valence-corrected chi connectivity index (χ0v) is 14.3. The van der Waals surface area contributed by atoms with Crippen LogP contribution in [0.25, 0.3) is 22.2 Å². The van der Waals surface area contributed by atoms with Crippen molar-refractivity contribution in [3.8, 4) is 11.3 Å². The van der Waals surface area contributed by atoms with Gasteiger partial charge < -0.3 is 9.47 Å². The van der Waals surface area contributed by atoms with Crippen molar-refractivity contribution < 1.29 is 4.79 Å². The van der Waals surface area contributed by atoms with E-state index in [1.165, 1.54) is 0 Å². The molecule has 25 heavy (non-hydrogen) atoms. The average molecular weight is 333 g/mol. The van der Waals surface area contributed by atoms with Gasteiger partial charge >= 0.3 is 0 Å². The van der Waals surface area contributed by atoms with Crippen molar-refractivity contribution in [2.75, 3.05) is 20.6 Å². The SMILES string of the molecule is CN(C)CCCn1c2c(c3cccnc3c1=O)C(=O)c1ccccc1-2. The van der Waals surface area contributed by atoms with Crippen LogP contribution in [-0.4, -0.2) is 40.9 Å². The van der Waals surface area contributed by atoms with Crippen LogP contribution < -0.4 is 5.56 Å². The number of hydrogen-bond donors (Lipinski definition) is 0. The highest BCUT2D eigenvalue weighted by Crippen LogP contribution is 2.38. The van der Waals surface area contributed by atoms with Crippen molar-refractivity contribution in [3.05, 3.63) is 64.1 Å². The summed E-state index contributed by atoms with van der Waals surface area (Å²) in [6.45, 7) is 1.44. The first-order chi connectivity index (χ1) is 12.1. The van der Waals surface area contributed by atoms with Crippen LogP contribution in [0.5, 0.6) is 0 Å². The summed E-state index contributed by atoms with van der Waals surface area (Å²) < 4.78 is 1.73. The van der Waals surface area contributed by atoms with E-state index in [4.69, 9.17) is 0 Å². The molecule has 1 aliphatic rings. The third kappa shape index (κ3) is 2.39. The van der Waals surface area contributed by atoms with E-state index in [1.807, 2.05) is 44.4 Å². The lowest BCUT2D eigenvalue weighted by molar-refractivity contribution is 0.104. The van der Waals surface area contributed by atoms with E-state index < -0.39 is 0 Å². The summed E-state index contributed by atoms with van der Waals surface area (Å²) in [5.41, 5.74) is 3.09. The van der Waals surface area contributed by atoms with Crippen molar-refractivity contribution in [2.45, 2.75) is 13.0 Å². The average Bonchev–Trinajstić information content (AvgIpc) is 2.91. The monoisotopic (exact) mass is 333 g/mol. The van der Waals surface area contributed by atoms with Crippen molar-refractivity contribution in [2.24, 2.45) is 0 Å².